The third-order valence-corrected chi connectivity index (χ3v) is 4.77. The van der Waals surface area contributed by atoms with Crippen LogP contribution in [0.3, 0.4) is 0 Å². The lowest BCUT2D eigenvalue weighted by molar-refractivity contribution is -0.136. The number of carbonyl (C=O) groups is 1. The molecule has 1 N–H and O–H groups in total. The summed E-state index contributed by atoms with van der Waals surface area (Å²) in [5.74, 6) is 1.06. The van der Waals surface area contributed by atoms with E-state index >= 15 is 0 Å². The second-order valence-electron chi connectivity index (χ2n) is 5.76. The highest BCUT2D eigenvalue weighted by molar-refractivity contribution is 5.84. The Morgan fingerprint density at radius 2 is 2.06 bits per heavy atom. The highest BCUT2D eigenvalue weighted by Crippen LogP contribution is 2.33. The number of hydrogen-bond donors (Lipinski definition) is 1. The molecule has 0 radical (unpaired) electrons. The molecule has 0 aromatic rings. The summed E-state index contributed by atoms with van der Waals surface area (Å²) in [4.78, 5) is 17.0. The summed E-state index contributed by atoms with van der Waals surface area (Å²) < 4.78 is 0. The minimum absolute atomic E-state index is 0.00963. The molecule has 3 unspecified atom stereocenters. The number of hydrogen-bond acceptors (Lipinski definition) is 3. The fraction of sp³-hybridized carbons (Fsp3) is 0.923. The van der Waals surface area contributed by atoms with Crippen molar-refractivity contribution in [1.82, 2.24) is 15.1 Å². The Hall–Kier alpha value is -0.610. The normalized spacial score (nSPS) is 45.6. The molecule has 0 aromatic heterocycles. The van der Waals surface area contributed by atoms with Gasteiger partial charge in [0, 0.05) is 12.6 Å². The van der Waals surface area contributed by atoms with E-state index < -0.39 is 0 Å². The van der Waals surface area contributed by atoms with Gasteiger partial charge in [-0.1, -0.05) is 6.92 Å². The zero-order chi connectivity index (χ0) is 12.0. The number of fused-ring (bicyclic) bond motifs is 3. The molecule has 1 amide bonds. The molecule has 4 fully saturated rings. The van der Waals surface area contributed by atoms with Crippen molar-refractivity contribution in [3.8, 4) is 0 Å². The molecule has 96 valence electrons. The Labute approximate surface area is 103 Å². The monoisotopic (exact) mass is 237 g/mol. The molecule has 2 bridgehead atoms. The van der Waals surface area contributed by atoms with Crippen molar-refractivity contribution in [2.45, 2.75) is 51.4 Å². The summed E-state index contributed by atoms with van der Waals surface area (Å²) in [7, 11) is 0. The summed E-state index contributed by atoms with van der Waals surface area (Å²) in [6.45, 7) is 7.73. The van der Waals surface area contributed by atoms with Crippen LogP contribution in [0, 0.1) is 5.92 Å². The van der Waals surface area contributed by atoms with Gasteiger partial charge in [-0.2, -0.15) is 0 Å². The summed E-state index contributed by atoms with van der Waals surface area (Å²) in [5.41, 5.74) is 0. The summed E-state index contributed by atoms with van der Waals surface area (Å²) in [6, 6.07) is 0.475. The Morgan fingerprint density at radius 3 is 2.59 bits per heavy atom. The fourth-order valence-electron chi connectivity index (χ4n) is 3.78. The molecule has 0 saturated carbocycles. The van der Waals surface area contributed by atoms with Crippen molar-refractivity contribution in [3.05, 3.63) is 0 Å². The maximum absolute atomic E-state index is 12.3. The van der Waals surface area contributed by atoms with E-state index in [0.29, 0.717) is 11.9 Å². The second kappa shape index (κ2) is 4.25. The van der Waals surface area contributed by atoms with E-state index in [4.69, 9.17) is 0 Å². The first-order chi connectivity index (χ1) is 8.20. The first kappa shape index (κ1) is 11.5. The molecule has 3 atom stereocenters. The molecular formula is C13H23N3O. The summed E-state index contributed by atoms with van der Waals surface area (Å²) >= 11 is 0. The van der Waals surface area contributed by atoms with Crippen LogP contribution in [0.5, 0.6) is 0 Å². The van der Waals surface area contributed by atoms with Crippen molar-refractivity contribution in [2.24, 2.45) is 5.92 Å². The minimum Gasteiger partial charge on any atom is -0.321 e. The SMILES string of the molecule is CCC1NC(C)C(=O)N1C1CN2CCC1CC2. The van der Waals surface area contributed by atoms with Crippen molar-refractivity contribution < 1.29 is 4.79 Å². The number of amides is 1. The van der Waals surface area contributed by atoms with E-state index in [-0.39, 0.29) is 12.2 Å². The predicted octanol–water partition coefficient (Wildman–Crippen LogP) is 0.637. The van der Waals surface area contributed by atoms with Crippen LogP contribution < -0.4 is 5.32 Å². The topological polar surface area (TPSA) is 35.6 Å². The zero-order valence-electron chi connectivity index (χ0n) is 10.9. The van der Waals surface area contributed by atoms with E-state index in [0.717, 1.165) is 18.9 Å². The van der Waals surface area contributed by atoms with Crippen LogP contribution in [-0.4, -0.2) is 53.6 Å². The van der Waals surface area contributed by atoms with E-state index in [1.165, 1.54) is 25.9 Å². The van der Waals surface area contributed by atoms with Gasteiger partial charge in [-0.05, 0) is 45.2 Å². The van der Waals surface area contributed by atoms with Gasteiger partial charge < -0.3 is 9.80 Å². The van der Waals surface area contributed by atoms with Crippen LogP contribution in [0.15, 0.2) is 0 Å². The number of carbonyl (C=O) groups excluding carboxylic acids is 1. The fourth-order valence-corrected chi connectivity index (χ4v) is 3.78. The third kappa shape index (κ3) is 1.78. The molecule has 4 rings (SSSR count). The van der Waals surface area contributed by atoms with Crippen molar-refractivity contribution >= 4 is 5.91 Å². The van der Waals surface area contributed by atoms with Gasteiger partial charge in [0.05, 0.1) is 12.2 Å². The third-order valence-electron chi connectivity index (χ3n) is 4.77. The van der Waals surface area contributed by atoms with Gasteiger partial charge >= 0.3 is 0 Å². The van der Waals surface area contributed by atoms with Gasteiger partial charge in [-0.25, -0.2) is 0 Å². The lowest BCUT2D eigenvalue weighted by Gasteiger charge is -2.49. The van der Waals surface area contributed by atoms with Crippen LogP contribution in [-0.2, 0) is 4.79 Å². The molecule has 4 aliphatic heterocycles. The highest BCUT2D eigenvalue weighted by atomic mass is 16.2. The lowest BCUT2D eigenvalue weighted by atomic mass is 9.83. The summed E-state index contributed by atoms with van der Waals surface area (Å²) in [6.07, 6.45) is 3.83. The molecule has 4 saturated heterocycles. The average molecular weight is 237 g/mol. The maximum atomic E-state index is 12.3. The number of rotatable bonds is 2. The number of nitrogens with one attached hydrogen (secondary N) is 1. The number of nitrogens with zero attached hydrogens (tertiary/aromatic N) is 2. The maximum Gasteiger partial charge on any atom is 0.241 e. The van der Waals surface area contributed by atoms with Crippen molar-refractivity contribution in [3.63, 3.8) is 0 Å². The summed E-state index contributed by atoms with van der Waals surface area (Å²) in [5, 5.41) is 3.42. The first-order valence-corrected chi connectivity index (χ1v) is 7.01. The minimum atomic E-state index is 0.00963. The molecule has 17 heavy (non-hydrogen) atoms. The molecular weight excluding hydrogens is 214 g/mol. The number of piperidine rings is 3. The Morgan fingerprint density at radius 1 is 1.35 bits per heavy atom. The molecule has 4 heterocycles. The van der Waals surface area contributed by atoms with Crippen LogP contribution in [0.25, 0.3) is 0 Å². The lowest BCUT2D eigenvalue weighted by Crippen LogP contribution is -2.60. The van der Waals surface area contributed by atoms with Crippen molar-refractivity contribution in [1.29, 1.82) is 0 Å². The highest BCUT2D eigenvalue weighted by Gasteiger charge is 2.45. The van der Waals surface area contributed by atoms with Gasteiger partial charge in [-0.3, -0.25) is 10.1 Å². The Balaban J connectivity index is 1.80. The van der Waals surface area contributed by atoms with Gasteiger partial charge in [0.1, 0.15) is 0 Å². The Bertz CT molecular complexity index is 312. The van der Waals surface area contributed by atoms with Crippen LogP contribution in [0.2, 0.25) is 0 Å². The predicted molar refractivity (Wildman–Crippen MR) is 66.5 cm³/mol. The van der Waals surface area contributed by atoms with Crippen molar-refractivity contribution in [2.75, 3.05) is 19.6 Å². The smallest absolute Gasteiger partial charge is 0.241 e. The molecule has 4 nitrogen and oxygen atoms in total. The zero-order valence-corrected chi connectivity index (χ0v) is 10.9. The molecule has 4 aliphatic rings. The van der Waals surface area contributed by atoms with Gasteiger partial charge in [-0.15, -0.1) is 0 Å². The van der Waals surface area contributed by atoms with Gasteiger partial charge in [0.15, 0.2) is 0 Å². The van der Waals surface area contributed by atoms with Gasteiger partial charge in [0.2, 0.25) is 5.91 Å². The largest absolute Gasteiger partial charge is 0.321 e. The van der Waals surface area contributed by atoms with E-state index in [1.54, 1.807) is 0 Å². The van der Waals surface area contributed by atoms with Crippen LogP contribution in [0.1, 0.15) is 33.1 Å². The first-order valence-electron chi connectivity index (χ1n) is 7.01. The molecule has 4 heteroatoms. The molecule has 0 aliphatic carbocycles. The second-order valence-corrected chi connectivity index (χ2v) is 5.76. The van der Waals surface area contributed by atoms with E-state index in [1.807, 2.05) is 6.92 Å². The quantitative estimate of drug-likeness (QED) is 0.765. The molecule has 0 spiro atoms. The molecule has 0 aromatic carbocycles. The van der Waals surface area contributed by atoms with E-state index in [2.05, 4.69) is 22.0 Å². The van der Waals surface area contributed by atoms with Gasteiger partial charge in [0.25, 0.3) is 0 Å². The van der Waals surface area contributed by atoms with Crippen LogP contribution in [0.4, 0.5) is 0 Å². The Kier molecular flexibility index (Phi) is 2.87. The average Bonchev–Trinajstić information content (AvgIpc) is 2.66. The standard InChI is InChI=1S/C13H23N3O/c1-3-12-14-9(2)13(17)16(12)11-8-15-6-4-10(11)5-7-15/h9-12,14H,3-8H2,1-2H3. The van der Waals surface area contributed by atoms with Crippen LogP contribution >= 0.6 is 0 Å². The van der Waals surface area contributed by atoms with E-state index in [9.17, 15) is 4.79 Å².